The molecule has 0 fully saturated rings. The van der Waals surface area contributed by atoms with E-state index in [1.54, 1.807) is 0 Å². The average molecular weight is 389 g/mol. The van der Waals surface area contributed by atoms with Crippen LogP contribution in [0.3, 0.4) is 0 Å². The van der Waals surface area contributed by atoms with E-state index in [2.05, 4.69) is 0 Å². The predicted molar refractivity (Wildman–Crippen MR) is 121 cm³/mol. The van der Waals surface area contributed by atoms with Crippen LogP contribution in [0.25, 0.3) is 32.9 Å². The monoisotopic (exact) mass is 389 g/mol. The molecule has 0 bridgehead atoms. The van der Waals surface area contributed by atoms with Crippen LogP contribution in [0.15, 0.2) is 97.1 Å². The molecule has 1 heterocycles. The van der Waals surface area contributed by atoms with Gasteiger partial charge in [-0.25, -0.2) is 9.78 Å². The van der Waals surface area contributed by atoms with Gasteiger partial charge >= 0.3 is 5.97 Å². The number of esters is 1. The van der Waals surface area contributed by atoms with Crippen molar-refractivity contribution >= 4 is 27.6 Å². The molecule has 0 atom stereocenters. The van der Waals surface area contributed by atoms with E-state index in [1.165, 1.54) is 0 Å². The van der Waals surface area contributed by atoms with Gasteiger partial charge in [-0.1, -0.05) is 78.4 Å². The normalized spacial score (nSPS) is 11.0. The van der Waals surface area contributed by atoms with Crippen LogP contribution in [-0.2, 0) is 0 Å². The highest BCUT2D eigenvalue weighted by Crippen LogP contribution is 2.29. The quantitative estimate of drug-likeness (QED) is 0.258. The van der Waals surface area contributed by atoms with Gasteiger partial charge in [0.2, 0.25) is 0 Å². The van der Waals surface area contributed by atoms with Crippen molar-refractivity contribution in [3.05, 3.63) is 108 Å². The number of aromatic nitrogens is 1. The van der Waals surface area contributed by atoms with Crippen molar-refractivity contribution in [1.29, 1.82) is 0 Å². The summed E-state index contributed by atoms with van der Waals surface area (Å²) in [6.45, 7) is 2.00. The van der Waals surface area contributed by atoms with Crippen LogP contribution in [-0.4, -0.2) is 11.0 Å². The zero-order valence-electron chi connectivity index (χ0n) is 16.5. The van der Waals surface area contributed by atoms with Crippen LogP contribution in [0.2, 0.25) is 0 Å². The number of benzene rings is 4. The lowest BCUT2D eigenvalue weighted by Gasteiger charge is -2.12. The summed E-state index contributed by atoms with van der Waals surface area (Å²) in [4.78, 5) is 18.1. The third-order valence-corrected chi connectivity index (χ3v) is 5.21. The highest BCUT2D eigenvalue weighted by Gasteiger charge is 2.17. The largest absolute Gasteiger partial charge is 0.422 e. The number of pyridine rings is 1. The minimum atomic E-state index is -0.387. The molecule has 0 radical (unpaired) electrons. The predicted octanol–water partition coefficient (Wildman–Crippen LogP) is 6.58. The van der Waals surface area contributed by atoms with Gasteiger partial charge in [0.05, 0.1) is 16.8 Å². The molecule has 144 valence electrons. The van der Waals surface area contributed by atoms with Gasteiger partial charge in [-0.3, -0.25) is 0 Å². The van der Waals surface area contributed by atoms with E-state index >= 15 is 0 Å². The molecule has 0 amide bonds. The zero-order chi connectivity index (χ0) is 20.5. The van der Waals surface area contributed by atoms with E-state index in [9.17, 15) is 4.79 Å². The molecule has 30 heavy (non-hydrogen) atoms. The number of carbonyl (C=O) groups is 1. The standard InChI is InChI=1S/C27H19NO2/c1-18-14-15-24-22(16-18)23(17-25(28-24)20-9-3-2-4-10-20)27(29)30-26-13-7-11-19-8-5-6-12-21(19)26/h2-17H,1H3. The minimum Gasteiger partial charge on any atom is -0.422 e. The second-order valence-electron chi connectivity index (χ2n) is 7.31. The summed E-state index contributed by atoms with van der Waals surface area (Å²) in [5.41, 5.74) is 4.05. The highest BCUT2D eigenvalue weighted by atomic mass is 16.5. The molecule has 1 aromatic heterocycles. The van der Waals surface area contributed by atoms with Crippen LogP contribution >= 0.6 is 0 Å². The molecule has 0 unspecified atom stereocenters. The minimum absolute atomic E-state index is 0.387. The molecular formula is C27H19NO2. The Hall–Kier alpha value is -3.98. The molecule has 0 saturated carbocycles. The van der Waals surface area contributed by atoms with E-state index in [4.69, 9.17) is 9.72 Å². The molecule has 0 saturated heterocycles. The third-order valence-electron chi connectivity index (χ3n) is 5.21. The van der Waals surface area contributed by atoms with Gasteiger partial charge in [0.1, 0.15) is 5.75 Å². The first-order valence-corrected chi connectivity index (χ1v) is 9.86. The maximum Gasteiger partial charge on any atom is 0.344 e. The second kappa shape index (κ2) is 7.45. The summed E-state index contributed by atoms with van der Waals surface area (Å²) in [6.07, 6.45) is 0. The first kappa shape index (κ1) is 18.1. The van der Waals surface area contributed by atoms with Crippen LogP contribution < -0.4 is 4.74 Å². The summed E-state index contributed by atoms with van der Waals surface area (Å²) in [7, 11) is 0. The van der Waals surface area contributed by atoms with Crippen molar-refractivity contribution in [2.24, 2.45) is 0 Å². The van der Waals surface area contributed by atoms with Gasteiger partial charge in [0, 0.05) is 16.3 Å². The molecule has 4 aromatic carbocycles. The fraction of sp³-hybridized carbons (Fsp3) is 0.0370. The summed E-state index contributed by atoms with van der Waals surface area (Å²) < 4.78 is 5.89. The van der Waals surface area contributed by atoms with Gasteiger partial charge in [0.25, 0.3) is 0 Å². The Kier molecular flexibility index (Phi) is 4.49. The van der Waals surface area contributed by atoms with Gasteiger partial charge < -0.3 is 4.74 Å². The van der Waals surface area contributed by atoms with E-state index in [-0.39, 0.29) is 5.97 Å². The summed E-state index contributed by atoms with van der Waals surface area (Å²) in [5, 5.41) is 2.73. The second-order valence-corrected chi connectivity index (χ2v) is 7.31. The molecule has 5 aromatic rings. The first-order chi connectivity index (χ1) is 14.7. The van der Waals surface area contributed by atoms with Gasteiger partial charge in [-0.05, 0) is 36.6 Å². The van der Waals surface area contributed by atoms with Crippen molar-refractivity contribution < 1.29 is 9.53 Å². The van der Waals surface area contributed by atoms with Gasteiger partial charge in [-0.15, -0.1) is 0 Å². The summed E-state index contributed by atoms with van der Waals surface area (Å²) in [6, 6.07) is 31.2. The highest BCUT2D eigenvalue weighted by molar-refractivity contribution is 6.06. The molecule has 3 heteroatoms. The molecule has 0 aliphatic rings. The van der Waals surface area contributed by atoms with Crippen molar-refractivity contribution in [2.75, 3.05) is 0 Å². The van der Waals surface area contributed by atoms with E-state index in [0.29, 0.717) is 11.3 Å². The molecule has 0 aliphatic carbocycles. The van der Waals surface area contributed by atoms with Gasteiger partial charge in [-0.2, -0.15) is 0 Å². The Labute approximate surface area is 174 Å². The Bertz CT molecular complexity index is 1390. The molecule has 0 N–H and O–H groups in total. The molecule has 3 nitrogen and oxygen atoms in total. The fourth-order valence-electron chi connectivity index (χ4n) is 3.70. The van der Waals surface area contributed by atoms with Crippen molar-refractivity contribution in [3.63, 3.8) is 0 Å². The SMILES string of the molecule is Cc1ccc2nc(-c3ccccc3)cc(C(=O)Oc3cccc4ccccc34)c2c1. The van der Waals surface area contributed by atoms with E-state index in [1.807, 2.05) is 104 Å². The fourth-order valence-corrected chi connectivity index (χ4v) is 3.70. The number of fused-ring (bicyclic) bond motifs is 2. The van der Waals surface area contributed by atoms with Crippen molar-refractivity contribution in [1.82, 2.24) is 4.98 Å². The Morgan fingerprint density at radius 2 is 1.53 bits per heavy atom. The third kappa shape index (κ3) is 3.31. The number of nitrogens with zero attached hydrogens (tertiary/aromatic N) is 1. The van der Waals surface area contributed by atoms with Crippen LogP contribution in [0.1, 0.15) is 15.9 Å². The maximum absolute atomic E-state index is 13.3. The lowest BCUT2D eigenvalue weighted by atomic mass is 10.0. The Morgan fingerprint density at radius 1 is 0.767 bits per heavy atom. The van der Waals surface area contributed by atoms with E-state index in [0.717, 1.165) is 38.5 Å². The zero-order valence-corrected chi connectivity index (χ0v) is 16.5. The van der Waals surface area contributed by atoms with Crippen molar-refractivity contribution in [2.45, 2.75) is 6.92 Å². The number of rotatable bonds is 3. The summed E-state index contributed by atoms with van der Waals surface area (Å²) >= 11 is 0. The molecule has 0 aliphatic heterocycles. The van der Waals surface area contributed by atoms with Crippen LogP contribution in [0.5, 0.6) is 5.75 Å². The molecule has 5 rings (SSSR count). The maximum atomic E-state index is 13.3. The van der Waals surface area contributed by atoms with Crippen molar-refractivity contribution in [3.8, 4) is 17.0 Å². The number of ether oxygens (including phenoxy) is 1. The number of hydrogen-bond donors (Lipinski definition) is 0. The number of carbonyl (C=O) groups excluding carboxylic acids is 1. The number of hydrogen-bond acceptors (Lipinski definition) is 3. The van der Waals surface area contributed by atoms with E-state index < -0.39 is 0 Å². The smallest absolute Gasteiger partial charge is 0.344 e. The molecular weight excluding hydrogens is 370 g/mol. The summed E-state index contributed by atoms with van der Waals surface area (Å²) in [5.74, 6) is 0.165. The van der Waals surface area contributed by atoms with Crippen LogP contribution in [0, 0.1) is 6.92 Å². The Morgan fingerprint density at radius 3 is 2.40 bits per heavy atom. The lowest BCUT2D eigenvalue weighted by molar-refractivity contribution is 0.0739. The first-order valence-electron chi connectivity index (χ1n) is 9.86. The lowest BCUT2D eigenvalue weighted by Crippen LogP contribution is -2.10. The topological polar surface area (TPSA) is 39.2 Å². The molecule has 0 spiro atoms. The van der Waals surface area contributed by atoms with Gasteiger partial charge in [0.15, 0.2) is 0 Å². The average Bonchev–Trinajstić information content (AvgIpc) is 2.79. The number of aryl methyl sites for hydroxylation is 1. The Balaban J connectivity index is 1.65. The van der Waals surface area contributed by atoms with Crippen LogP contribution in [0.4, 0.5) is 0 Å².